The average Bonchev–Trinajstić information content (AvgIpc) is 2.94. The number of Topliss-reactive ketones (excluding diaryl/α,β-unsaturated/α-hetero) is 1. The van der Waals surface area contributed by atoms with E-state index < -0.39 is 0 Å². The van der Waals surface area contributed by atoms with Crippen LogP contribution in [0.3, 0.4) is 0 Å². The molecule has 2 bridgehead atoms. The molecule has 0 N–H and O–H groups in total. The smallest absolute Gasteiger partial charge is 0.140 e. The van der Waals surface area contributed by atoms with Crippen molar-refractivity contribution in [3.05, 3.63) is 35.9 Å². The summed E-state index contributed by atoms with van der Waals surface area (Å²) in [5, 5.41) is 0. The Kier molecular flexibility index (Phi) is 4.64. The summed E-state index contributed by atoms with van der Waals surface area (Å²) in [5.74, 6) is 1.95. The predicted molar refractivity (Wildman–Crippen MR) is 79.4 cm³/mol. The number of carbonyl (C=O) groups is 1. The summed E-state index contributed by atoms with van der Waals surface area (Å²) in [4.78, 5) is 14.4. The quantitative estimate of drug-likeness (QED) is 0.844. The van der Waals surface area contributed by atoms with Gasteiger partial charge in [0.2, 0.25) is 0 Å². The van der Waals surface area contributed by atoms with Gasteiger partial charge in [-0.25, -0.2) is 0 Å². The minimum Gasteiger partial charge on any atom is -0.301 e. The molecule has 3 rings (SSSR count). The van der Waals surface area contributed by atoms with Gasteiger partial charge in [0.05, 0.1) is 0 Å². The molecule has 3 heteroatoms. The van der Waals surface area contributed by atoms with Crippen LogP contribution in [-0.4, -0.2) is 24.3 Å². The first-order valence-electron chi connectivity index (χ1n) is 7.00. The summed E-state index contributed by atoms with van der Waals surface area (Å²) in [6.45, 7) is 1.89. The van der Waals surface area contributed by atoms with Gasteiger partial charge in [0, 0.05) is 24.9 Å². The first-order chi connectivity index (χ1) is 8.74. The van der Waals surface area contributed by atoms with Gasteiger partial charge in [-0.15, -0.1) is 12.4 Å². The maximum absolute atomic E-state index is 12.1. The molecule has 1 aromatic rings. The van der Waals surface area contributed by atoms with E-state index in [1.165, 1.54) is 18.4 Å². The van der Waals surface area contributed by atoms with E-state index in [1.807, 2.05) is 6.07 Å². The summed E-state index contributed by atoms with van der Waals surface area (Å²) in [6, 6.07) is 10.5. The van der Waals surface area contributed by atoms with Crippen LogP contribution in [-0.2, 0) is 11.3 Å². The number of hydrogen-bond acceptors (Lipinski definition) is 2. The highest BCUT2D eigenvalue weighted by Crippen LogP contribution is 2.46. The van der Waals surface area contributed by atoms with Crippen molar-refractivity contribution in [3.63, 3.8) is 0 Å². The molecule has 0 amide bonds. The average molecular weight is 280 g/mol. The zero-order valence-corrected chi connectivity index (χ0v) is 12.2. The molecular formula is C16H22ClNO. The summed E-state index contributed by atoms with van der Waals surface area (Å²) >= 11 is 0. The second-order valence-electron chi connectivity index (χ2n) is 5.96. The highest BCUT2D eigenvalue weighted by molar-refractivity contribution is 5.87. The summed E-state index contributed by atoms with van der Waals surface area (Å²) < 4.78 is 0. The van der Waals surface area contributed by atoms with Gasteiger partial charge in [-0.2, -0.15) is 0 Å². The summed E-state index contributed by atoms with van der Waals surface area (Å²) in [7, 11) is 2.13. The van der Waals surface area contributed by atoms with Gasteiger partial charge in [0.1, 0.15) is 5.78 Å². The zero-order valence-electron chi connectivity index (χ0n) is 11.4. The van der Waals surface area contributed by atoms with Crippen molar-refractivity contribution >= 4 is 18.2 Å². The third kappa shape index (κ3) is 3.01. The van der Waals surface area contributed by atoms with E-state index in [1.54, 1.807) is 0 Å². The van der Waals surface area contributed by atoms with Crippen LogP contribution in [0.25, 0.3) is 0 Å². The van der Waals surface area contributed by atoms with Crippen molar-refractivity contribution in [2.75, 3.05) is 13.6 Å². The molecule has 2 fully saturated rings. The molecule has 0 heterocycles. The van der Waals surface area contributed by atoms with Gasteiger partial charge in [0.15, 0.2) is 0 Å². The molecule has 19 heavy (non-hydrogen) atoms. The predicted octanol–water partition coefficient (Wildman–Crippen LogP) is 3.16. The number of fused-ring (bicyclic) bond motifs is 2. The lowest BCUT2D eigenvalue weighted by Crippen LogP contribution is -2.33. The minimum absolute atomic E-state index is 0. The van der Waals surface area contributed by atoms with Gasteiger partial charge in [-0.05, 0) is 37.8 Å². The molecule has 0 aliphatic heterocycles. The summed E-state index contributed by atoms with van der Waals surface area (Å²) in [6.07, 6.45) is 3.60. The minimum atomic E-state index is 0. The second kappa shape index (κ2) is 6.06. The van der Waals surface area contributed by atoms with Gasteiger partial charge < -0.3 is 4.90 Å². The topological polar surface area (TPSA) is 20.3 Å². The van der Waals surface area contributed by atoms with E-state index in [0.717, 1.165) is 19.5 Å². The fraction of sp³-hybridized carbons (Fsp3) is 0.562. The lowest BCUT2D eigenvalue weighted by Gasteiger charge is -2.26. The fourth-order valence-electron chi connectivity index (χ4n) is 3.71. The van der Waals surface area contributed by atoms with Crippen LogP contribution in [0.5, 0.6) is 0 Å². The highest BCUT2D eigenvalue weighted by Gasteiger charge is 2.46. The van der Waals surface area contributed by atoms with Crippen LogP contribution in [0.1, 0.15) is 24.8 Å². The van der Waals surface area contributed by atoms with Crippen molar-refractivity contribution in [2.45, 2.75) is 25.8 Å². The van der Waals surface area contributed by atoms with E-state index in [4.69, 9.17) is 0 Å². The van der Waals surface area contributed by atoms with Crippen molar-refractivity contribution in [1.82, 2.24) is 4.90 Å². The van der Waals surface area contributed by atoms with E-state index in [-0.39, 0.29) is 12.4 Å². The maximum Gasteiger partial charge on any atom is 0.140 e. The molecule has 0 saturated heterocycles. The fourth-order valence-corrected chi connectivity index (χ4v) is 3.71. The molecule has 2 saturated carbocycles. The van der Waals surface area contributed by atoms with Crippen molar-refractivity contribution in [2.24, 2.45) is 17.8 Å². The first-order valence-corrected chi connectivity index (χ1v) is 7.00. The number of rotatable bonds is 4. The number of nitrogens with zero attached hydrogens (tertiary/aromatic N) is 1. The standard InChI is InChI=1S/C16H21NO.ClH/c1-17(10-12-5-3-2-4-6-12)11-15-13-7-8-14(9-13)16(15)18;/h2-6,13-15H,7-11H2,1H3;1H. The monoisotopic (exact) mass is 279 g/mol. The number of carbonyl (C=O) groups excluding carboxylic acids is 1. The largest absolute Gasteiger partial charge is 0.301 e. The number of halogens is 1. The Labute approximate surface area is 121 Å². The van der Waals surface area contributed by atoms with Crippen molar-refractivity contribution in [3.8, 4) is 0 Å². The van der Waals surface area contributed by atoms with Gasteiger partial charge >= 0.3 is 0 Å². The molecule has 2 nitrogen and oxygen atoms in total. The van der Waals surface area contributed by atoms with Crippen molar-refractivity contribution in [1.29, 1.82) is 0 Å². The Bertz CT molecular complexity index is 434. The Morgan fingerprint density at radius 2 is 1.95 bits per heavy atom. The second-order valence-corrected chi connectivity index (χ2v) is 5.96. The van der Waals surface area contributed by atoms with Gasteiger partial charge in [0.25, 0.3) is 0 Å². The molecule has 3 atom stereocenters. The molecule has 104 valence electrons. The van der Waals surface area contributed by atoms with Crippen LogP contribution in [0.2, 0.25) is 0 Å². The number of benzene rings is 1. The molecule has 2 aliphatic carbocycles. The van der Waals surface area contributed by atoms with Crippen LogP contribution >= 0.6 is 12.4 Å². The first kappa shape index (κ1) is 14.5. The number of ketones is 1. The molecule has 0 spiro atoms. The molecule has 0 aromatic heterocycles. The Hall–Kier alpha value is -0.860. The van der Waals surface area contributed by atoms with Crippen LogP contribution in [0, 0.1) is 17.8 Å². The lowest BCUT2D eigenvalue weighted by atomic mass is 9.87. The summed E-state index contributed by atoms with van der Waals surface area (Å²) in [5.41, 5.74) is 1.33. The van der Waals surface area contributed by atoms with Crippen molar-refractivity contribution < 1.29 is 4.79 Å². The molecule has 0 radical (unpaired) electrons. The maximum atomic E-state index is 12.1. The molecular weight excluding hydrogens is 258 g/mol. The third-order valence-corrected chi connectivity index (χ3v) is 4.61. The van der Waals surface area contributed by atoms with Crippen LogP contribution in [0.4, 0.5) is 0 Å². The molecule has 3 unspecified atom stereocenters. The van der Waals surface area contributed by atoms with E-state index in [9.17, 15) is 4.79 Å². The number of hydrogen-bond donors (Lipinski definition) is 0. The third-order valence-electron chi connectivity index (χ3n) is 4.61. The van der Waals surface area contributed by atoms with Gasteiger partial charge in [-0.1, -0.05) is 30.3 Å². The zero-order chi connectivity index (χ0) is 12.5. The lowest BCUT2D eigenvalue weighted by molar-refractivity contribution is -0.126. The van der Waals surface area contributed by atoms with E-state index in [2.05, 4.69) is 36.2 Å². The SMILES string of the molecule is CN(Cc1ccccc1)CC1C(=O)C2CCC1C2.Cl. The Morgan fingerprint density at radius 1 is 1.21 bits per heavy atom. The Morgan fingerprint density at radius 3 is 2.58 bits per heavy atom. The Balaban J connectivity index is 0.00000133. The van der Waals surface area contributed by atoms with E-state index in [0.29, 0.717) is 23.5 Å². The normalized spacial score (nSPS) is 28.7. The van der Waals surface area contributed by atoms with Gasteiger partial charge in [-0.3, -0.25) is 4.79 Å². The van der Waals surface area contributed by atoms with E-state index >= 15 is 0 Å². The molecule has 1 aromatic carbocycles. The molecule has 2 aliphatic rings. The van der Waals surface area contributed by atoms with Crippen LogP contribution < -0.4 is 0 Å². The highest BCUT2D eigenvalue weighted by atomic mass is 35.5. The van der Waals surface area contributed by atoms with Crippen LogP contribution in [0.15, 0.2) is 30.3 Å².